The molecule has 1 saturated heterocycles. The van der Waals surface area contributed by atoms with E-state index < -0.39 is 14.1 Å². The molecular weight excluding hydrogens is 348 g/mol. The number of rotatable bonds is 5. The average molecular weight is 381 g/mol. The molecule has 0 bridgehead atoms. The van der Waals surface area contributed by atoms with Crippen LogP contribution in [0.2, 0.25) is 18.1 Å². The minimum atomic E-state index is -1.74. The van der Waals surface area contributed by atoms with Crippen molar-refractivity contribution in [2.45, 2.75) is 77.2 Å². The van der Waals surface area contributed by atoms with Crippen LogP contribution in [-0.4, -0.2) is 50.2 Å². The van der Waals surface area contributed by atoms with Crippen LogP contribution in [0.15, 0.2) is 0 Å². The molecule has 1 heterocycles. The molecule has 2 atom stereocenters. The number of thiocarbonyl (C=S) groups is 1. The maximum Gasteiger partial charge on any atom is 0.220 e. The molecule has 0 aliphatic carbocycles. The molecule has 1 unspecified atom stereocenters. The highest BCUT2D eigenvalue weighted by atomic mass is 32.2. The summed E-state index contributed by atoms with van der Waals surface area (Å²) in [5.41, 5.74) is 0. The Morgan fingerprint density at radius 3 is 2.48 bits per heavy atom. The monoisotopic (exact) mass is 380 g/mol. The number of hydrogen-bond acceptors (Lipinski definition) is 6. The van der Waals surface area contributed by atoms with E-state index in [0.29, 0.717) is 17.6 Å². The first-order valence-corrected chi connectivity index (χ1v) is 12.6. The van der Waals surface area contributed by atoms with Gasteiger partial charge in [0.05, 0.1) is 6.61 Å². The van der Waals surface area contributed by atoms with Crippen LogP contribution in [0.25, 0.3) is 0 Å². The van der Waals surface area contributed by atoms with Crippen molar-refractivity contribution in [3.05, 3.63) is 0 Å². The Bertz CT molecular complexity index is 407. The zero-order chi connectivity index (χ0) is 17.9. The van der Waals surface area contributed by atoms with E-state index in [9.17, 15) is 0 Å². The van der Waals surface area contributed by atoms with Crippen molar-refractivity contribution in [2.75, 3.05) is 19.5 Å². The summed E-state index contributed by atoms with van der Waals surface area (Å²) in [6.45, 7) is 16.3. The third-order valence-corrected chi connectivity index (χ3v) is 10.1. The second-order valence-electron chi connectivity index (χ2n) is 7.88. The Balaban J connectivity index is 2.63. The SMILES string of the molecule is CSC(=S)OC1COC(C)(C)O[C@@H]1CCO[Si](C)(C)C(C)(C)C. The Kier molecular flexibility index (Phi) is 7.57. The van der Waals surface area contributed by atoms with Crippen LogP contribution in [0.5, 0.6) is 0 Å². The van der Waals surface area contributed by atoms with Crippen molar-refractivity contribution < 1.29 is 18.6 Å². The lowest BCUT2D eigenvalue weighted by molar-refractivity contribution is -0.302. The van der Waals surface area contributed by atoms with E-state index in [1.807, 2.05) is 20.1 Å². The zero-order valence-electron chi connectivity index (χ0n) is 15.7. The molecule has 4 nitrogen and oxygen atoms in total. The van der Waals surface area contributed by atoms with Crippen molar-refractivity contribution >= 4 is 36.7 Å². The molecule has 0 aromatic rings. The van der Waals surface area contributed by atoms with Gasteiger partial charge < -0.3 is 18.6 Å². The minimum absolute atomic E-state index is 0.0754. The van der Waals surface area contributed by atoms with E-state index >= 15 is 0 Å². The minimum Gasteiger partial charge on any atom is -0.470 e. The van der Waals surface area contributed by atoms with Gasteiger partial charge in [-0.05, 0) is 56.9 Å². The molecule has 7 heteroatoms. The Labute approximate surface area is 152 Å². The van der Waals surface area contributed by atoms with Crippen LogP contribution in [0.3, 0.4) is 0 Å². The third-order valence-electron chi connectivity index (χ3n) is 4.53. The highest BCUT2D eigenvalue weighted by Gasteiger charge is 2.40. The topological polar surface area (TPSA) is 36.9 Å². The molecule has 0 spiro atoms. The van der Waals surface area contributed by atoms with Crippen molar-refractivity contribution in [1.82, 2.24) is 0 Å². The molecule has 0 aromatic heterocycles. The fourth-order valence-corrected chi connectivity index (χ4v) is 3.44. The van der Waals surface area contributed by atoms with Gasteiger partial charge in [0.1, 0.15) is 12.2 Å². The van der Waals surface area contributed by atoms with Crippen LogP contribution in [-0.2, 0) is 18.6 Å². The highest BCUT2D eigenvalue weighted by molar-refractivity contribution is 8.22. The zero-order valence-corrected chi connectivity index (χ0v) is 18.4. The molecular formula is C16H32O4S2Si. The fourth-order valence-electron chi connectivity index (χ4n) is 2.04. The first kappa shape index (κ1) is 21.4. The van der Waals surface area contributed by atoms with Gasteiger partial charge in [0.25, 0.3) is 0 Å². The Morgan fingerprint density at radius 2 is 1.96 bits per heavy atom. The predicted octanol–water partition coefficient (Wildman–Crippen LogP) is 4.58. The van der Waals surface area contributed by atoms with E-state index in [1.165, 1.54) is 11.8 Å². The maximum absolute atomic E-state index is 6.27. The van der Waals surface area contributed by atoms with Crippen molar-refractivity contribution in [2.24, 2.45) is 0 Å². The summed E-state index contributed by atoms with van der Waals surface area (Å²) >= 11 is 6.60. The van der Waals surface area contributed by atoms with Crippen molar-refractivity contribution in [3.63, 3.8) is 0 Å². The smallest absolute Gasteiger partial charge is 0.220 e. The molecule has 0 N–H and O–H groups in total. The summed E-state index contributed by atoms with van der Waals surface area (Å²) in [7, 11) is -1.74. The van der Waals surface area contributed by atoms with E-state index in [2.05, 4.69) is 33.9 Å². The lowest BCUT2D eigenvalue weighted by Gasteiger charge is -2.41. The summed E-state index contributed by atoms with van der Waals surface area (Å²) in [5.74, 6) is -0.595. The molecule has 1 rings (SSSR count). The van der Waals surface area contributed by atoms with E-state index in [-0.39, 0.29) is 17.2 Å². The van der Waals surface area contributed by atoms with Gasteiger partial charge in [-0.2, -0.15) is 0 Å². The number of ether oxygens (including phenoxy) is 3. The second-order valence-corrected chi connectivity index (χ2v) is 14.1. The quantitative estimate of drug-likeness (QED) is 0.513. The Hall–Kier alpha value is 0.337. The number of thioether (sulfide) groups is 1. The van der Waals surface area contributed by atoms with Crippen molar-refractivity contribution in [1.29, 1.82) is 0 Å². The maximum atomic E-state index is 6.27. The van der Waals surface area contributed by atoms with Gasteiger partial charge in [-0.1, -0.05) is 32.5 Å². The van der Waals surface area contributed by atoms with Gasteiger partial charge in [0, 0.05) is 6.61 Å². The van der Waals surface area contributed by atoms with Gasteiger partial charge in [-0.25, -0.2) is 0 Å². The van der Waals surface area contributed by atoms with Gasteiger partial charge >= 0.3 is 0 Å². The molecule has 136 valence electrons. The van der Waals surface area contributed by atoms with Crippen LogP contribution >= 0.6 is 24.0 Å². The average Bonchev–Trinajstić information content (AvgIpc) is 2.39. The molecule has 1 aliphatic heterocycles. The fraction of sp³-hybridized carbons (Fsp3) is 0.938. The van der Waals surface area contributed by atoms with Crippen LogP contribution < -0.4 is 0 Å². The molecule has 0 saturated carbocycles. The predicted molar refractivity (Wildman–Crippen MR) is 104 cm³/mol. The molecule has 0 amide bonds. The first-order valence-electron chi connectivity index (χ1n) is 8.08. The lowest BCUT2D eigenvalue weighted by Crippen LogP contribution is -2.51. The highest BCUT2D eigenvalue weighted by Crippen LogP contribution is 2.37. The van der Waals surface area contributed by atoms with Gasteiger partial charge in [0.15, 0.2) is 14.1 Å². The summed E-state index contributed by atoms with van der Waals surface area (Å²) in [6.07, 6.45) is 2.44. The summed E-state index contributed by atoms with van der Waals surface area (Å²) in [5, 5.41) is 0.207. The summed E-state index contributed by atoms with van der Waals surface area (Å²) in [4.78, 5) is 0. The molecule has 1 fully saturated rings. The van der Waals surface area contributed by atoms with E-state index in [0.717, 1.165) is 6.42 Å². The number of hydrogen-bond donors (Lipinski definition) is 0. The first-order chi connectivity index (χ1) is 10.4. The Morgan fingerprint density at radius 1 is 1.35 bits per heavy atom. The molecule has 0 radical (unpaired) electrons. The van der Waals surface area contributed by atoms with Crippen LogP contribution in [0.1, 0.15) is 41.0 Å². The normalized spacial score (nSPS) is 25.2. The van der Waals surface area contributed by atoms with E-state index in [4.69, 9.17) is 30.9 Å². The van der Waals surface area contributed by atoms with Gasteiger partial charge in [0.2, 0.25) is 4.38 Å². The molecule has 23 heavy (non-hydrogen) atoms. The second kappa shape index (κ2) is 8.14. The lowest BCUT2D eigenvalue weighted by atomic mass is 10.1. The molecule has 1 aliphatic rings. The van der Waals surface area contributed by atoms with Crippen molar-refractivity contribution in [3.8, 4) is 0 Å². The largest absolute Gasteiger partial charge is 0.470 e. The summed E-state index contributed by atoms with van der Waals surface area (Å²) in [6, 6.07) is 0. The van der Waals surface area contributed by atoms with Crippen LogP contribution in [0.4, 0.5) is 0 Å². The molecule has 0 aromatic carbocycles. The third kappa shape index (κ3) is 6.63. The van der Waals surface area contributed by atoms with E-state index in [1.54, 1.807) is 0 Å². The van der Waals surface area contributed by atoms with Crippen LogP contribution in [0, 0.1) is 0 Å². The van der Waals surface area contributed by atoms with Gasteiger partial charge in [-0.15, -0.1) is 0 Å². The summed E-state index contributed by atoms with van der Waals surface area (Å²) < 4.78 is 24.3. The standard InChI is InChI=1S/C16H32O4S2Si/c1-15(2,3)23(7,8)18-10-9-12-13(19-14(21)22-6)11-17-16(4,5)20-12/h12-13H,9-11H2,1-8H3/t12-,13?/m1/s1. The van der Waals surface area contributed by atoms with Gasteiger partial charge in [-0.3, -0.25) is 0 Å².